The van der Waals surface area contributed by atoms with E-state index in [2.05, 4.69) is 22.6 Å². The molecular weight excluding hydrogens is 721 g/mol. The highest BCUT2D eigenvalue weighted by Crippen LogP contribution is 2.43. The number of rotatable bonds is 35. The van der Waals surface area contributed by atoms with Crippen molar-refractivity contribution in [2.24, 2.45) is 5.73 Å². The van der Waals surface area contributed by atoms with Crippen molar-refractivity contribution in [1.82, 2.24) is 10.3 Å². The molecule has 0 fully saturated rings. The number of unbranched alkanes of at least 4 members (excludes halogenated alkanes) is 18. The third-order valence-electron chi connectivity index (χ3n) is 8.97. The van der Waals surface area contributed by atoms with E-state index in [0.29, 0.717) is 30.6 Å². The van der Waals surface area contributed by atoms with Gasteiger partial charge < -0.3 is 25.4 Å². The van der Waals surface area contributed by atoms with Gasteiger partial charge in [0.15, 0.2) is 11.6 Å². The number of ether oxygens (including phenoxy) is 2. The molecule has 0 aliphatic rings. The molecule has 0 saturated carbocycles. The summed E-state index contributed by atoms with van der Waals surface area (Å²) >= 11 is 0. The summed E-state index contributed by atoms with van der Waals surface area (Å²) < 4.78 is 37.3. The molecule has 0 aliphatic carbocycles. The van der Waals surface area contributed by atoms with Gasteiger partial charge in [0, 0.05) is 32.0 Å². The van der Waals surface area contributed by atoms with E-state index in [1.165, 1.54) is 51.0 Å². The van der Waals surface area contributed by atoms with Gasteiger partial charge in [-0.05, 0) is 35.6 Å². The molecule has 16 nitrogen and oxygen atoms in total. The van der Waals surface area contributed by atoms with E-state index >= 15 is 0 Å². The Morgan fingerprint density at radius 3 is 1.93 bits per heavy atom. The summed E-state index contributed by atoms with van der Waals surface area (Å²) in [4.78, 5) is 45.4. The maximum Gasteiger partial charge on any atom is 0.472 e. The molecule has 1 heterocycles. The molecule has 1 aromatic heterocycles. The fourth-order valence-corrected chi connectivity index (χ4v) is 6.70. The lowest BCUT2D eigenvalue weighted by Crippen LogP contribution is -2.29. The predicted octanol–water partition coefficient (Wildman–Crippen LogP) is 8.69. The number of nitrogens with two attached hydrogens (primary N) is 1. The Labute approximate surface area is 319 Å². The number of hydrogen-bond donors (Lipinski definition) is 3. The summed E-state index contributed by atoms with van der Waals surface area (Å²) in [6.45, 7) is 2.02. The second-order valence-corrected chi connectivity index (χ2v) is 15.1. The number of aromatic nitrogens is 2. The SMILES string of the molecule is CCCCCCCCCCCCCC(=O)OC[C@H](COP(=O)(O)OCCN)OC(=O)CCCCCCCCCCCNc1ccc([N+](=O)[O-])c2nonc12. The van der Waals surface area contributed by atoms with Crippen LogP contribution in [0, 0.1) is 10.1 Å². The standard InChI is InChI=1S/C37H64N5O11P/c1-2-3-4-5-6-7-8-10-13-16-19-22-34(43)49-29-31(30-51-54(47,48)50-28-26-38)52-35(44)23-20-17-14-11-9-12-15-18-21-27-39-32-24-25-33(42(45)46)37-36(32)40-53-41-37/h24-25,31,39H,2-23,26-30,38H2,1H3,(H,47,48)/t31-/m1/s1. The number of phosphoric ester groups is 1. The number of fused-ring (bicyclic) bond motifs is 1. The first kappa shape index (κ1) is 47.0. The molecule has 0 bridgehead atoms. The summed E-state index contributed by atoms with van der Waals surface area (Å²) in [5.74, 6) is -0.910. The fraction of sp³-hybridized carbons (Fsp3) is 0.784. The monoisotopic (exact) mass is 785 g/mol. The quantitative estimate of drug-likeness (QED) is 0.0195. The minimum absolute atomic E-state index is 0.0292. The second kappa shape index (κ2) is 29.2. The topological polar surface area (TPSA) is 228 Å². The van der Waals surface area contributed by atoms with E-state index < -0.39 is 37.4 Å². The molecule has 2 rings (SSSR count). The van der Waals surface area contributed by atoms with Crippen molar-refractivity contribution in [3.8, 4) is 0 Å². The number of phosphoric acid groups is 1. The molecule has 0 amide bonds. The van der Waals surface area contributed by atoms with Crippen molar-refractivity contribution < 1.29 is 47.1 Å². The third-order valence-corrected chi connectivity index (χ3v) is 9.96. The van der Waals surface area contributed by atoms with Crippen LogP contribution in [0.4, 0.5) is 11.4 Å². The highest BCUT2D eigenvalue weighted by Gasteiger charge is 2.26. The molecule has 0 aliphatic heterocycles. The minimum Gasteiger partial charge on any atom is -0.462 e. The zero-order valence-electron chi connectivity index (χ0n) is 32.2. The number of nitro benzene ring substituents is 1. The first-order chi connectivity index (χ1) is 26.2. The number of nitrogens with one attached hydrogen (secondary N) is 1. The maximum absolute atomic E-state index is 12.6. The molecule has 4 N–H and O–H groups in total. The number of nitro groups is 1. The molecule has 308 valence electrons. The van der Waals surface area contributed by atoms with Gasteiger partial charge in [-0.3, -0.25) is 28.8 Å². The van der Waals surface area contributed by atoms with Crippen molar-refractivity contribution in [3.05, 3.63) is 22.2 Å². The first-order valence-electron chi connectivity index (χ1n) is 20.0. The van der Waals surface area contributed by atoms with Crippen molar-refractivity contribution in [1.29, 1.82) is 0 Å². The highest BCUT2D eigenvalue weighted by molar-refractivity contribution is 7.47. The normalized spacial score (nSPS) is 13.1. The van der Waals surface area contributed by atoms with Gasteiger partial charge in [0.05, 0.1) is 23.8 Å². The van der Waals surface area contributed by atoms with Crippen LogP contribution >= 0.6 is 7.82 Å². The fourth-order valence-electron chi connectivity index (χ4n) is 5.93. The largest absolute Gasteiger partial charge is 0.472 e. The number of esters is 2. The molecule has 2 atom stereocenters. The smallest absolute Gasteiger partial charge is 0.462 e. The summed E-state index contributed by atoms with van der Waals surface area (Å²) in [5, 5.41) is 21.8. The average molecular weight is 786 g/mol. The van der Waals surface area contributed by atoms with Gasteiger partial charge in [0.25, 0.3) is 0 Å². The van der Waals surface area contributed by atoms with Crippen LogP contribution in [0.25, 0.3) is 11.0 Å². The van der Waals surface area contributed by atoms with Crippen LogP contribution in [0.1, 0.15) is 148 Å². The van der Waals surface area contributed by atoms with Gasteiger partial charge in [-0.1, -0.05) is 116 Å². The molecule has 54 heavy (non-hydrogen) atoms. The summed E-state index contributed by atoms with van der Waals surface area (Å²) in [7, 11) is -4.41. The van der Waals surface area contributed by atoms with E-state index in [0.717, 1.165) is 70.6 Å². The first-order valence-corrected chi connectivity index (χ1v) is 21.5. The van der Waals surface area contributed by atoms with Gasteiger partial charge in [0.2, 0.25) is 5.52 Å². The van der Waals surface area contributed by atoms with Gasteiger partial charge in [-0.15, -0.1) is 0 Å². The van der Waals surface area contributed by atoms with Gasteiger partial charge in [-0.25, -0.2) is 9.19 Å². The number of nitrogens with zero attached hydrogens (tertiary/aromatic N) is 3. The summed E-state index contributed by atoms with van der Waals surface area (Å²) in [6, 6.07) is 3.01. The maximum atomic E-state index is 12.6. The summed E-state index contributed by atoms with van der Waals surface area (Å²) in [6.07, 6.45) is 21.0. The van der Waals surface area contributed by atoms with Crippen LogP contribution < -0.4 is 11.1 Å². The van der Waals surface area contributed by atoms with E-state index in [9.17, 15) is 29.2 Å². The molecular formula is C37H64N5O11P. The highest BCUT2D eigenvalue weighted by atomic mass is 31.2. The lowest BCUT2D eigenvalue weighted by atomic mass is 10.1. The lowest BCUT2D eigenvalue weighted by molar-refractivity contribution is -0.383. The number of carbonyl (C=O) groups excluding carboxylic acids is 2. The zero-order valence-corrected chi connectivity index (χ0v) is 33.1. The van der Waals surface area contributed by atoms with Crippen LogP contribution in [0.3, 0.4) is 0 Å². The molecule has 1 unspecified atom stereocenters. The minimum atomic E-state index is -4.41. The summed E-state index contributed by atoms with van der Waals surface area (Å²) in [5.41, 5.74) is 6.32. The van der Waals surface area contributed by atoms with Crippen LogP contribution in [-0.4, -0.2) is 71.1 Å². The Kier molecular flexibility index (Phi) is 25.4. The lowest BCUT2D eigenvalue weighted by Gasteiger charge is -2.19. The zero-order chi connectivity index (χ0) is 39.3. The Morgan fingerprint density at radius 2 is 1.35 bits per heavy atom. The molecule has 2 aromatic rings. The van der Waals surface area contributed by atoms with Crippen LogP contribution in [0.5, 0.6) is 0 Å². The third kappa shape index (κ3) is 21.7. The van der Waals surface area contributed by atoms with E-state index in [4.69, 9.17) is 28.9 Å². The predicted molar refractivity (Wildman–Crippen MR) is 206 cm³/mol. The van der Waals surface area contributed by atoms with Gasteiger partial charge in [0.1, 0.15) is 6.61 Å². The van der Waals surface area contributed by atoms with Gasteiger partial charge in [-0.2, -0.15) is 0 Å². The van der Waals surface area contributed by atoms with Crippen LogP contribution in [0.2, 0.25) is 0 Å². The Bertz CT molecular complexity index is 1380. The van der Waals surface area contributed by atoms with Crippen LogP contribution in [0.15, 0.2) is 16.8 Å². The molecule has 17 heteroatoms. The van der Waals surface area contributed by atoms with Crippen LogP contribution in [-0.2, 0) is 32.7 Å². The van der Waals surface area contributed by atoms with Gasteiger partial charge >= 0.3 is 25.4 Å². The molecule has 1 aromatic carbocycles. The number of hydrogen-bond acceptors (Lipinski definition) is 14. The Hall–Kier alpha value is -3.17. The van der Waals surface area contributed by atoms with E-state index in [-0.39, 0.29) is 43.8 Å². The molecule has 0 spiro atoms. The van der Waals surface area contributed by atoms with Crippen molar-refractivity contribution in [2.75, 3.05) is 38.2 Å². The number of benzene rings is 1. The number of non-ortho nitro benzene ring substituents is 1. The van der Waals surface area contributed by atoms with Crippen molar-refractivity contribution in [2.45, 2.75) is 154 Å². The Balaban J connectivity index is 1.56. The molecule has 0 saturated heterocycles. The number of carbonyl (C=O) groups is 2. The number of anilines is 1. The van der Waals surface area contributed by atoms with Crippen molar-refractivity contribution >= 4 is 42.2 Å². The Morgan fingerprint density at radius 1 is 0.815 bits per heavy atom. The van der Waals surface area contributed by atoms with Crippen molar-refractivity contribution in [3.63, 3.8) is 0 Å². The second-order valence-electron chi connectivity index (χ2n) is 13.7. The molecule has 0 radical (unpaired) electrons. The van der Waals surface area contributed by atoms with E-state index in [1.807, 2.05) is 0 Å². The van der Waals surface area contributed by atoms with E-state index in [1.54, 1.807) is 6.07 Å². The average Bonchev–Trinajstić information content (AvgIpc) is 3.65.